The number of hydrogen-bond acceptors (Lipinski definition) is 5. The molecule has 7 heteroatoms. The first-order valence-electron chi connectivity index (χ1n) is 3.24. The number of amides is 1. The van der Waals surface area contributed by atoms with Crippen molar-refractivity contribution in [2.75, 3.05) is 6.61 Å². The SMILES string of the molecule is O=C(O)CONC(=O)c1ccon1. The Labute approximate surface area is 72.2 Å². The molecule has 0 saturated carbocycles. The van der Waals surface area contributed by atoms with Crippen LogP contribution >= 0.6 is 0 Å². The molecule has 0 aromatic carbocycles. The first-order valence-corrected chi connectivity index (χ1v) is 3.24. The van der Waals surface area contributed by atoms with Crippen LogP contribution in [-0.4, -0.2) is 28.7 Å². The van der Waals surface area contributed by atoms with Crippen molar-refractivity contribution >= 4 is 11.9 Å². The number of carbonyl (C=O) groups is 2. The Balaban J connectivity index is 2.31. The smallest absolute Gasteiger partial charge is 0.332 e. The number of carbonyl (C=O) groups excluding carboxylic acids is 1. The van der Waals surface area contributed by atoms with E-state index in [0.29, 0.717) is 0 Å². The van der Waals surface area contributed by atoms with Gasteiger partial charge in [0, 0.05) is 6.07 Å². The van der Waals surface area contributed by atoms with Gasteiger partial charge in [0.1, 0.15) is 6.26 Å². The minimum atomic E-state index is -1.18. The van der Waals surface area contributed by atoms with Gasteiger partial charge in [0.05, 0.1) is 0 Å². The van der Waals surface area contributed by atoms with E-state index in [2.05, 4.69) is 14.5 Å². The van der Waals surface area contributed by atoms with E-state index in [1.807, 2.05) is 5.48 Å². The molecule has 0 saturated heterocycles. The van der Waals surface area contributed by atoms with Crippen LogP contribution in [0.2, 0.25) is 0 Å². The van der Waals surface area contributed by atoms with Crippen molar-refractivity contribution in [1.82, 2.24) is 10.6 Å². The molecular formula is C6H6N2O5. The third-order valence-corrected chi connectivity index (χ3v) is 1.03. The van der Waals surface area contributed by atoms with Crippen molar-refractivity contribution in [2.24, 2.45) is 0 Å². The van der Waals surface area contributed by atoms with Gasteiger partial charge in [-0.25, -0.2) is 10.3 Å². The van der Waals surface area contributed by atoms with E-state index >= 15 is 0 Å². The molecule has 13 heavy (non-hydrogen) atoms. The summed E-state index contributed by atoms with van der Waals surface area (Å²) in [5.74, 6) is -1.84. The van der Waals surface area contributed by atoms with Gasteiger partial charge in [0.2, 0.25) is 0 Å². The van der Waals surface area contributed by atoms with Crippen LogP contribution in [0.1, 0.15) is 10.5 Å². The molecule has 70 valence electrons. The van der Waals surface area contributed by atoms with Gasteiger partial charge in [-0.2, -0.15) is 0 Å². The van der Waals surface area contributed by atoms with Crippen LogP contribution in [0.3, 0.4) is 0 Å². The molecule has 1 heterocycles. The largest absolute Gasteiger partial charge is 0.479 e. The second-order valence-corrected chi connectivity index (χ2v) is 2.00. The lowest BCUT2D eigenvalue weighted by Crippen LogP contribution is -2.26. The van der Waals surface area contributed by atoms with Gasteiger partial charge in [0.15, 0.2) is 12.3 Å². The summed E-state index contributed by atoms with van der Waals surface area (Å²) >= 11 is 0. The molecule has 0 bridgehead atoms. The summed E-state index contributed by atoms with van der Waals surface area (Å²) in [4.78, 5) is 25.2. The molecule has 0 aliphatic carbocycles. The summed E-state index contributed by atoms with van der Waals surface area (Å²) < 4.78 is 4.38. The predicted molar refractivity (Wildman–Crippen MR) is 37.6 cm³/mol. The fourth-order valence-corrected chi connectivity index (χ4v) is 0.545. The zero-order chi connectivity index (χ0) is 9.68. The fraction of sp³-hybridized carbons (Fsp3) is 0.167. The second kappa shape index (κ2) is 4.21. The van der Waals surface area contributed by atoms with Gasteiger partial charge in [-0.3, -0.25) is 9.63 Å². The van der Waals surface area contributed by atoms with Crippen molar-refractivity contribution in [1.29, 1.82) is 0 Å². The van der Waals surface area contributed by atoms with E-state index in [-0.39, 0.29) is 5.69 Å². The third kappa shape index (κ3) is 2.91. The van der Waals surface area contributed by atoms with Crippen molar-refractivity contribution in [3.8, 4) is 0 Å². The molecule has 7 nitrogen and oxygen atoms in total. The van der Waals surface area contributed by atoms with Crippen LogP contribution in [0.25, 0.3) is 0 Å². The number of rotatable bonds is 4. The van der Waals surface area contributed by atoms with E-state index in [4.69, 9.17) is 5.11 Å². The number of aliphatic carboxylic acids is 1. The highest BCUT2D eigenvalue weighted by Gasteiger charge is 2.08. The minimum absolute atomic E-state index is 0.0189. The lowest BCUT2D eigenvalue weighted by molar-refractivity contribution is -0.144. The number of carboxylic acids is 1. The standard InChI is InChI=1S/C6H6N2O5/c9-5(10)3-13-8-6(11)4-1-2-12-7-4/h1-2H,3H2,(H,8,11)(H,9,10). The highest BCUT2D eigenvalue weighted by Crippen LogP contribution is 1.92. The topological polar surface area (TPSA) is 102 Å². The average molecular weight is 186 g/mol. The number of hydroxylamine groups is 1. The molecule has 0 spiro atoms. The molecule has 0 unspecified atom stereocenters. The maximum atomic E-state index is 10.9. The Morgan fingerprint density at radius 2 is 2.46 bits per heavy atom. The highest BCUT2D eigenvalue weighted by atomic mass is 16.7. The molecule has 0 aliphatic heterocycles. The van der Waals surface area contributed by atoms with E-state index in [0.717, 1.165) is 0 Å². The molecule has 1 aromatic heterocycles. The van der Waals surface area contributed by atoms with E-state index in [1.54, 1.807) is 0 Å². The summed E-state index contributed by atoms with van der Waals surface area (Å²) in [5.41, 5.74) is 1.89. The summed E-state index contributed by atoms with van der Waals surface area (Å²) in [6, 6.07) is 1.32. The summed E-state index contributed by atoms with van der Waals surface area (Å²) in [5, 5.41) is 11.4. The molecule has 0 radical (unpaired) electrons. The maximum Gasteiger partial charge on any atom is 0.332 e. The number of aromatic nitrogens is 1. The van der Waals surface area contributed by atoms with Gasteiger partial charge in [-0.15, -0.1) is 0 Å². The van der Waals surface area contributed by atoms with E-state index in [1.165, 1.54) is 12.3 Å². The first-order chi connectivity index (χ1) is 6.20. The Morgan fingerprint density at radius 1 is 1.69 bits per heavy atom. The average Bonchev–Trinajstić information content (AvgIpc) is 2.55. The van der Waals surface area contributed by atoms with Crippen LogP contribution in [-0.2, 0) is 9.63 Å². The Hall–Kier alpha value is -1.89. The molecule has 0 aliphatic rings. The van der Waals surface area contributed by atoms with Crippen LogP contribution < -0.4 is 5.48 Å². The number of hydrogen-bond donors (Lipinski definition) is 2. The molecule has 1 amide bonds. The minimum Gasteiger partial charge on any atom is -0.479 e. The fourth-order valence-electron chi connectivity index (χ4n) is 0.545. The molecular weight excluding hydrogens is 180 g/mol. The van der Waals surface area contributed by atoms with Crippen LogP contribution in [0, 0.1) is 0 Å². The molecule has 0 atom stereocenters. The van der Waals surface area contributed by atoms with Gasteiger partial charge < -0.3 is 9.63 Å². The van der Waals surface area contributed by atoms with Crippen LogP contribution in [0.4, 0.5) is 0 Å². The number of nitrogens with one attached hydrogen (secondary N) is 1. The lowest BCUT2D eigenvalue weighted by Gasteiger charge is -1.99. The van der Waals surface area contributed by atoms with Crippen LogP contribution in [0.5, 0.6) is 0 Å². The summed E-state index contributed by atoms with van der Waals surface area (Å²) in [6.07, 6.45) is 1.21. The molecule has 1 rings (SSSR count). The first kappa shape index (κ1) is 9.20. The zero-order valence-electron chi connectivity index (χ0n) is 6.39. The van der Waals surface area contributed by atoms with E-state index < -0.39 is 18.5 Å². The molecule has 2 N–H and O–H groups in total. The van der Waals surface area contributed by atoms with Gasteiger partial charge in [-0.1, -0.05) is 5.16 Å². The van der Waals surface area contributed by atoms with Gasteiger partial charge in [0.25, 0.3) is 5.91 Å². The second-order valence-electron chi connectivity index (χ2n) is 2.00. The normalized spacial score (nSPS) is 9.54. The van der Waals surface area contributed by atoms with Crippen molar-refractivity contribution in [2.45, 2.75) is 0 Å². The molecule has 0 fully saturated rings. The van der Waals surface area contributed by atoms with Gasteiger partial charge >= 0.3 is 5.97 Å². The van der Waals surface area contributed by atoms with Crippen molar-refractivity contribution < 1.29 is 24.1 Å². The quantitative estimate of drug-likeness (QED) is 0.610. The monoisotopic (exact) mass is 186 g/mol. The van der Waals surface area contributed by atoms with Gasteiger partial charge in [-0.05, 0) is 0 Å². The highest BCUT2D eigenvalue weighted by molar-refractivity contribution is 5.91. The molecule has 1 aromatic rings. The van der Waals surface area contributed by atoms with Crippen LogP contribution in [0.15, 0.2) is 16.9 Å². The maximum absolute atomic E-state index is 10.9. The number of nitrogens with zero attached hydrogens (tertiary/aromatic N) is 1. The third-order valence-electron chi connectivity index (χ3n) is 1.03. The lowest BCUT2D eigenvalue weighted by atomic mass is 10.4. The van der Waals surface area contributed by atoms with E-state index in [9.17, 15) is 9.59 Å². The Kier molecular flexibility index (Phi) is 2.98. The Bertz CT molecular complexity index is 294. The summed E-state index contributed by atoms with van der Waals surface area (Å²) in [7, 11) is 0. The van der Waals surface area contributed by atoms with Crippen molar-refractivity contribution in [3.63, 3.8) is 0 Å². The predicted octanol–water partition coefficient (Wildman–Crippen LogP) is -0.579. The summed E-state index contributed by atoms with van der Waals surface area (Å²) in [6.45, 7) is -0.608. The zero-order valence-corrected chi connectivity index (χ0v) is 6.39. The number of carboxylic acid groups (broad SMARTS) is 1. The Morgan fingerprint density at radius 3 is 3.00 bits per heavy atom. The van der Waals surface area contributed by atoms with Crippen molar-refractivity contribution in [3.05, 3.63) is 18.0 Å².